The van der Waals surface area contributed by atoms with E-state index in [1.165, 1.54) is 5.56 Å². The SMILES string of the molecule is CN(C)CCCOc1ccccc1CN1CCOCC1. The first kappa shape index (κ1) is 15.3. The lowest BCUT2D eigenvalue weighted by Gasteiger charge is -2.27. The van der Waals surface area contributed by atoms with Crippen LogP contribution in [-0.4, -0.2) is 63.4 Å². The monoisotopic (exact) mass is 278 g/mol. The number of hydrogen-bond acceptors (Lipinski definition) is 4. The molecule has 0 amide bonds. The molecule has 20 heavy (non-hydrogen) atoms. The Morgan fingerprint density at radius 1 is 1.20 bits per heavy atom. The Hall–Kier alpha value is -1.10. The number of benzene rings is 1. The Morgan fingerprint density at radius 3 is 2.70 bits per heavy atom. The molecule has 1 heterocycles. The molecule has 0 saturated carbocycles. The zero-order chi connectivity index (χ0) is 14.2. The van der Waals surface area contributed by atoms with Crippen molar-refractivity contribution in [3.05, 3.63) is 29.8 Å². The van der Waals surface area contributed by atoms with Crippen molar-refractivity contribution in [2.24, 2.45) is 0 Å². The van der Waals surface area contributed by atoms with Crippen LogP contribution in [0.5, 0.6) is 5.75 Å². The van der Waals surface area contributed by atoms with Crippen LogP contribution in [0.2, 0.25) is 0 Å². The predicted molar refractivity (Wildman–Crippen MR) is 81.2 cm³/mol. The van der Waals surface area contributed by atoms with Gasteiger partial charge in [0.2, 0.25) is 0 Å². The highest BCUT2D eigenvalue weighted by molar-refractivity contribution is 5.33. The molecule has 0 spiro atoms. The zero-order valence-electron chi connectivity index (χ0n) is 12.7. The van der Waals surface area contributed by atoms with Crippen molar-refractivity contribution in [3.63, 3.8) is 0 Å². The molecule has 1 aliphatic rings. The van der Waals surface area contributed by atoms with Crippen molar-refractivity contribution in [1.29, 1.82) is 0 Å². The first-order valence-electron chi connectivity index (χ1n) is 7.41. The van der Waals surface area contributed by atoms with Crippen molar-refractivity contribution in [3.8, 4) is 5.75 Å². The van der Waals surface area contributed by atoms with E-state index in [1.807, 2.05) is 6.07 Å². The molecule has 1 saturated heterocycles. The lowest BCUT2D eigenvalue weighted by atomic mass is 10.2. The molecule has 4 nitrogen and oxygen atoms in total. The van der Waals surface area contributed by atoms with Gasteiger partial charge in [-0.05, 0) is 26.6 Å². The Labute approximate surface area is 122 Å². The molecule has 0 radical (unpaired) electrons. The topological polar surface area (TPSA) is 24.9 Å². The minimum Gasteiger partial charge on any atom is -0.493 e. The molecule has 112 valence electrons. The summed E-state index contributed by atoms with van der Waals surface area (Å²) in [4.78, 5) is 4.61. The molecule has 0 aliphatic carbocycles. The van der Waals surface area contributed by atoms with Gasteiger partial charge in [-0.15, -0.1) is 0 Å². The van der Waals surface area contributed by atoms with Crippen molar-refractivity contribution >= 4 is 0 Å². The molecule has 0 N–H and O–H groups in total. The van der Waals surface area contributed by atoms with E-state index in [1.54, 1.807) is 0 Å². The smallest absolute Gasteiger partial charge is 0.123 e. The van der Waals surface area contributed by atoms with Crippen LogP contribution in [0.25, 0.3) is 0 Å². The van der Waals surface area contributed by atoms with Gasteiger partial charge in [0.05, 0.1) is 19.8 Å². The second kappa shape index (κ2) is 8.25. The normalized spacial score (nSPS) is 16.6. The third-order valence-electron chi connectivity index (χ3n) is 3.48. The summed E-state index contributed by atoms with van der Waals surface area (Å²) in [6.45, 7) is 6.48. The second-order valence-electron chi connectivity index (χ2n) is 5.50. The number of nitrogens with zero attached hydrogens (tertiary/aromatic N) is 2. The van der Waals surface area contributed by atoms with Crippen LogP contribution in [0, 0.1) is 0 Å². The highest BCUT2D eigenvalue weighted by atomic mass is 16.5. The molecule has 4 heteroatoms. The predicted octanol–water partition coefficient (Wildman–Crippen LogP) is 1.85. The average Bonchev–Trinajstić information content (AvgIpc) is 2.46. The van der Waals surface area contributed by atoms with Gasteiger partial charge in [-0.2, -0.15) is 0 Å². The molecule has 0 aromatic heterocycles. The van der Waals surface area contributed by atoms with Gasteiger partial charge in [0.15, 0.2) is 0 Å². The largest absolute Gasteiger partial charge is 0.493 e. The van der Waals surface area contributed by atoms with E-state index >= 15 is 0 Å². The Bertz CT molecular complexity index is 390. The van der Waals surface area contributed by atoms with Gasteiger partial charge in [-0.25, -0.2) is 0 Å². The van der Waals surface area contributed by atoms with Gasteiger partial charge >= 0.3 is 0 Å². The Kier molecular flexibility index (Phi) is 6.30. The summed E-state index contributed by atoms with van der Waals surface area (Å²) in [6.07, 6.45) is 1.05. The summed E-state index contributed by atoms with van der Waals surface area (Å²) in [6, 6.07) is 8.37. The summed E-state index contributed by atoms with van der Waals surface area (Å²) in [7, 11) is 4.18. The van der Waals surface area contributed by atoms with E-state index in [4.69, 9.17) is 9.47 Å². The van der Waals surface area contributed by atoms with Gasteiger partial charge in [0, 0.05) is 31.7 Å². The number of hydrogen-bond donors (Lipinski definition) is 0. The third kappa shape index (κ3) is 5.12. The number of ether oxygens (including phenoxy) is 2. The first-order chi connectivity index (χ1) is 9.75. The van der Waals surface area contributed by atoms with Gasteiger partial charge in [0.25, 0.3) is 0 Å². The zero-order valence-corrected chi connectivity index (χ0v) is 12.7. The van der Waals surface area contributed by atoms with Crippen molar-refractivity contribution in [2.75, 3.05) is 53.6 Å². The van der Waals surface area contributed by atoms with E-state index in [0.717, 1.165) is 58.2 Å². The molecule has 1 aromatic carbocycles. The van der Waals surface area contributed by atoms with Crippen LogP contribution in [0.3, 0.4) is 0 Å². The summed E-state index contributed by atoms with van der Waals surface area (Å²) < 4.78 is 11.3. The second-order valence-corrected chi connectivity index (χ2v) is 5.50. The van der Waals surface area contributed by atoms with Crippen molar-refractivity contribution < 1.29 is 9.47 Å². The highest BCUT2D eigenvalue weighted by Crippen LogP contribution is 2.20. The molecule has 2 rings (SSSR count). The standard InChI is InChI=1S/C16H26N2O2/c1-17(2)8-5-11-20-16-7-4-3-6-15(16)14-18-9-12-19-13-10-18/h3-4,6-7H,5,8-14H2,1-2H3. The average molecular weight is 278 g/mol. The quantitative estimate of drug-likeness (QED) is 0.711. The minimum absolute atomic E-state index is 0.776. The van der Waals surface area contributed by atoms with Gasteiger partial charge in [0.1, 0.15) is 5.75 Å². The maximum Gasteiger partial charge on any atom is 0.123 e. The van der Waals surface area contributed by atoms with Crippen molar-refractivity contribution in [1.82, 2.24) is 9.80 Å². The summed E-state index contributed by atoms with van der Waals surface area (Å²) >= 11 is 0. The van der Waals surface area contributed by atoms with Crippen molar-refractivity contribution in [2.45, 2.75) is 13.0 Å². The van der Waals surface area contributed by atoms with E-state index in [-0.39, 0.29) is 0 Å². The van der Waals surface area contributed by atoms with E-state index in [9.17, 15) is 0 Å². The van der Waals surface area contributed by atoms with Crippen LogP contribution >= 0.6 is 0 Å². The summed E-state index contributed by atoms with van der Waals surface area (Å²) in [5.74, 6) is 1.03. The summed E-state index contributed by atoms with van der Waals surface area (Å²) in [5.41, 5.74) is 1.28. The molecule has 1 fully saturated rings. The van der Waals surface area contributed by atoms with Gasteiger partial charge in [-0.3, -0.25) is 4.90 Å². The lowest BCUT2D eigenvalue weighted by Crippen LogP contribution is -2.35. The van der Waals surface area contributed by atoms with E-state index in [2.05, 4.69) is 42.1 Å². The van der Waals surface area contributed by atoms with Gasteiger partial charge in [-0.1, -0.05) is 18.2 Å². The maximum absolute atomic E-state index is 5.94. The van der Waals surface area contributed by atoms with E-state index < -0.39 is 0 Å². The molecule has 0 unspecified atom stereocenters. The fourth-order valence-corrected chi connectivity index (χ4v) is 2.34. The number of rotatable bonds is 7. The molecule has 0 bridgehead atoms. The first-order valence-corrected chi connectivity index (χ1v) is 7.41. The molecular formula is C16H26N2O2. The molecule has 1 aromatic rings. The van der Waals surface area contributed by atoms with Crippen LogP contribution < -0.4 is 4.74 Å². The maximum atomic E-state index is 5.94. The fourth-order valence-electron chi connectivity index (χ4n) is 2.34. The Morgan fingerprint density at radius 2 is 1.95 bits per heavy atom. The van der Waals surface area contributed by atoms with E-state index in [0.29, 0.717) is 0 Å². The lowest BCUT2D eigenvalue weighted by molar-refractivity contribution is 0.0338. The number of morpholine rings is 1. The third-order valence-corrected chi connectivity index (χ3v) is 3.48. The van der Waals surface area contributed by atoms with Crippen LogP contribution in [0.1, 0.15) is 12.0 Å². The minimum atomic E-state index is 0.776. The fraction of sp³-hybridized carbons (Fsp3) is 0.625. The number of para-hydroxylation sites is 1. The van der Waals surface area contributed by atoms with Crippen LogP contribution in [0.15, 0.2) is 24.3 Å². The molecule has 0 atom stereocenters. The van der Waals surface area contributed by atoms with Gasteiger partial charge < -0.3 is 14.4 Å². The Balaban J connectivity index is 1.85. The van der Waals surface area contributed by atoms with Crippen LogP contribution in [0.4, 0.5) is 0 Å². The molecule has 1 aliphatic heterocycles. The summed E-state index contributed by atoms with van der Waals surface area (Å²) in [5, 5.41) is 0. The highest BCUT2D eigenvalue weighted by Gasteiger charge is 2.13. The molecular weight excluding hydrogens is 252 g/mol. The van der Waals surface area contributed by atoms with Crippen LogP contribution in [-0.2, 0) is 11.3 Å².